The molecule has 3 heterocycles. The molecular formula is C49H30N2OS. The van der Waals surface area contributed by atoms with E-state index in [9.17, 15) is 0 Å². The maximum absolute atomic E-state index is 6.22. The molecule has 1 aliphatic heterocycles. The molecule has 0 saturated heterocycles. The van der Waals surface area contributed by atoms with Gasteiger partial charge in [0, 0.05) is 37.4 Å². The van der Waals surface area contributed by atoms with Gasteiger partial charge in [0.25, 0.3) is 0 Å². The highest BCUT2D eigenvalue weighted by Crippen LogP contribution is 2.63. The van der Waals surface area contributed by atoms with E-state index in [4.69, 9.17) is 14.4 Å². The van der Waals surface area contributed by atoms with Crippen LogP contribution in [0.25, 0.3) is 67.1 Å². The van der Waals surface area contributed by atoms with Crippen LogP contribution < -0.4 is 0 Å². The number of fused-ring (bicyclic) bond motifs is 11. The molecule has 7 aromatic carbocycles. The van der Waals surface area contributed by atoms with Crippen LogP contribution in [0.1, 0.15) is 22.3 Å². The van der Waals surface area contributed by atoms with Gasteiger partial charge in [-0.05, 0) is 69.3 Å². The minimum atomic E-state index is -0.483. The Hall–Kier alpha value is -6.49. The van der Waals surface area contributed by atoms with Gasteiger partial charge >= 0.3 is 0 Å². The standard InChI is InChI=1S/C49H30N2OS/c1-3-11-32(12-4-1)42-30-43(51-48(50-42)35-13-5-2-6-14-35)33-21-19-31(20-22-33)36-24-26-45-41(29-36)49(39-17-9-10-18-44(39)53-45)38-16-8-7-15-37(38)46-40(49)25-23-34-27-28-52-47(34)46/h1-30H. The van der Waals surface area contributed by atoms with Crippen LogP contribution in [0.3, 0.4) is 0 Å². The number of nitrogens with zero attached hydrogens (tertiary/aromatic N) is 2. The zero-order valence-electron chi connectivity index (χ0n) is 28.5. The molecule has 0 saturated carbocycles. The van der Waals surface area contributed by atoms with E-state index in [2.05, 4.69) is 140 Å². The summed E-state index contributed by atoms with van der Waals surface area (Å²) in [6.07, 6.45) is 1.81. The molecule has 0 radical (unpaired) electrons. The molecule has 1 atom stereocenters. The van der Waals surface area contributed by atoms with Gasteiger partial charge in [0.1, 0.15) is 5.58 Å². The van der Waals surface area contributed by atoms with Crippen LogP contribution in [0.4, 0.5) is 0 Å². The first-order chi connectivity index (χ1) is 26.3. The first kappa shape index (κ1) is 30.2. The van der Waals surface area contributed by atoms with Crippen molar-refractivity contribution in [3.63, 3.8) is 0 Å². The van der Waals surface area contributed by atoms with Crippen LogP contribution in [0.15, 0.2) is 196 Å². The second-order valence-corrected chi connectivity index (χ2v) is 14.8. The van der Waals surface area contributed by atoms with E-state index in [-0.39, 0.29) is 0 Å². The Kier molecular flexibility index (Phi) is 6.70. The van der Waals surface area contributed by atoms with Crippen LogP contribution >= 0.6 is 11.8 Å². The number of furan rings is 1. The molecule has 248 valence electrons. The SMILES string of the molecule is c1ccc(-c2cc(-c3ccc(-c4ccc5c(c4)C4(c6ccccc6S5)c5ccccc5-c5c4ccc4ccoc54)cc3)nc(-c3ccccc3)n2)cc1. The van der Waals surface area contributed by atoms with E-state index >= 15 is 0 Å². The molecule has 53 heavy (non-hydrogen) atoms. The van der Waals surface area contributed by atoms with E-state index in [1.165, 1.54) is 48.7 Å². The van der Waals surface area contributed by atoms with Crippen molar-refractivity contribution >= 4 is 22.7 Å². The highest BCUT2D eigenvalue weighted by atomic mass is 32.2. The second-order valence-electron chi connectivity index (χ2n) is 13.7. The molecule has 9 aromatic rings. The Bertz CT molecular complexity index is 2800. The number of benzene rings is 7. The molecule has 4 heteroatoms. The summed E-state index contributed by atoms with van der Waals surface area (Å²) in [4.78, 5) is 12.6. The Morgan fingerprint density at radius 1 is 0.434 bits per heavy atom. The molecule has 3 nitrogen and oxygen atoms in total. The molecule has 0 N–H and O–H groups in total. The van der Waals surface area contributed by atoms with E-state index < -0.39 is 5.41 Å². The van der Waals surface area contributed by atoms with Gasteiger partial charge in [-0.25, -0.2) is 9.97 Å². The third-order valence-electron chi connectivity index (χ3n) is 10.9. The minimum Gasteiger partial charge on any atom is -0.464 e. The normalized spacial score (nSPS) is 15.2. The van der Waals surface area contributed by atoms with E-state index in [1.807, 2.05) is 54.4 Å². The van der Waals surface area contributed by atoms with Crippen LogP contribution in [0, 0.1) is 0 Å². The summed E-state index contributed by atoms with van der Waals surface area (Å²) in [6.45, 7) is 0. The smallest absolute Gasteiger partial charge is 0.160 e. The van der Waals surface area contributed by atoms with Crippen LogP contribution in [0.5, 0.6) is 0 Å². The maximum Gasteiger partial charge on any atom is 0.160 e. The monoisotopic (exact) mass is 694 g/mol. The second kappa shape index (κ2) is 11.8. The Balaban J connectivity index is 1.07. The zero-order chi connectivity index (χ0) is 34.9. The summed E-state index contributed by atoms with van der Waals surface area (Å²) in [6, 6.07) is 62.9. The summed E-state index contributed by atoms with van der Waals surface area (Å²) in [5, 5.41) is 1.12. The van der Waals surface area contributed by atoms with Crippen LogP contribution in [-0.2, 0) is 5.41 Å². The highest BCUT2D eigenvalue weighted by molar-refractivity contribution is 7.99. The molecule has 2 aromatic heterocycles. The van der Waals surface area contributed by atoms with E-state index in [0.717, 1.165) is 44.6 Å². The molecule has 1 spiro atoms. The van der Waals surface area contributed by atoms with Crippen LogP contribution in [-0.4, -0.2) is 9.97 Å². The lowest BCUT2D eigenvalue weighted by Gasteiger charge is -2.40. The largest absolute Gasteiger partial charge is 0.464 e. The van der Waals surface area contributed by atoms with Crippen LogP contribution in [0.2, 0.25) is 0 Å². The quantitative estimate of drug-likeness (QED) is 0.184. The third-order valence-corrected chi connectivity index (χ3v) is 12.0. The first-order valence-electron chi connectivity index (χ1n) is 17.9. The fourth-order valence-corrected chi connectivity index (χ4v) is 9.66. The van der Waals surface area contributed by atoms with Gasteiger partial charge in [0.05, 0.1) is 23.1 Å². The molecule has 2 aliphatic rings. The van der Waals surface area contributed by atoms with Gasteiger partial charge in [-0.15, -0.1) is 0 Å². The van der Waals surface area contributed by atoms with Gasteiger partial charge in [0.15, 0.2) is 5.82 Å². The number of rotatable bonds is 4. The Morgan fingerprint density at radius 3 is 1.85 bits per heavy atom. The number of hydrogen-bond donors (Lipinski definition) is 0. The predicted octanol–water partition coefficient (Wildman–Crippen LogP) is 12.7. The minimum absolute atomic E-state index is 0.483. The van der Waals surface area contributed by atoms with Crippen molar-refractivity contribution < 1.29 is 4.42 Å². The summed E-state index contributed by atoms with van der Waals surface area (Å²) in [7, 11) is 0. The van der Waals surface area contributed by atoms with Crippen molar-refractivity contribution in [2.45, 2.75) is 15.2 Å². The van der Waals surface area contributed by atoms with Gasteiger partial charge < -0.3 is 4.42 Å². The average Bonchev–Trinajstić information content (AvgIpc) is 3.83. The van der Waals surface area contributed by atoms with E-state index in [0.29, 0.717) is 5.82 Å². The summed E-state index contributed by atoms with van der Waals surface area (Å²) < 4.78 is 6.22. The van der Waals surface area contributed by atoms with Gasteiger partial charge in [-0.3, -0.25) is 0 Å². The van der Waals surface area contributed by atoms with Crippen molar-refractivity contribution in [3.05, 3.63) is 204 Å². The Labute approximate surface area is 311 Å². The molecular weight excluding hydrogens is 665 g/mol. The average molecular weight is 695 g/mol. The lowest BCUT2D eigenvalue weighted by atomic mass is 9.67. The molecule has 1 unspecified atom stereocenters. The Morgan fingerprint density at radius 2 is 1.06 bits per heavy atom. The van der Waals surface area contributed by atoms with Crippen molar-refractivity contribution in [3.8, 4) is 56.2 Å². The fraction of sp³-hybridized carbons (Fsp3) is 0.0204. The molecule has 0 fully saturated rings. The first-order valence-corrected chi connectivity index (χ1v) is 18.7. The van der Waals surface area contributed by atoms with E-state index in [1.54, 1.807) is 0 Å². The lowest BCUT2D eigenvalue weighted by Crippen LogP contribution is -2.32. The highest BCUT2D eigenvalue weighted by Gasteiger charge is 2.51. The number of hydrogen-bond acceptors (Lipinski definition) is 4. The summed E-state index contributed by atoms with van der Waals surface area (Å²) in [5.41, 5.74) is 15.3. The van der Waals surface area contributed by atoms with Crippen molar-refractivity contribution in [2.75, 3.05) is 0 Å². The van der Waals surface area contributed by atoms with Crippen molar-refractivity contribution in [1.82, 2.24) is 9.97 Å². The van der Waals surface area contributed by atoms with Gasteiger partial charge in [-0.2, -0.15) is 0 Å². The predicted molar refractivity (Wildman–Crippen MR) is 215 cm³/mol. The van der Waals surface area contributed by atoms with Crippen molar-refractivity contribution in [2.24, 2.45) is 0 Å². The number of aromatic nitrogens is 2. The molecule has 0 amide bonds. The van der Waals surface area contributed by atoms with Gasteiger partial charge in [0.2, 0.25) is 0 Å². The van der Waals surface area contributed by atoms with Crippen molar-refractivity contribution in [1.29, 1.82) is 0 Å². The van der Waals surface area contributed by atoms with Gasteiger partial charge in [-0.1, -0.05) is 157 Å². The fourth-order valence-electron chi connectivity index (χ4n) is 8.49. The topological polar surface area (TPSA) is 38.9 Å². The molecule has 0 bridgehead atoms. The third kappa shape index (κ3) is 4.56. The maximum atomic E-state index is 6.22. The lowest BCUT2D eigenvalue weighted by molar-refractivity contribution is 0.616. The zero-order valence-corrected chi connectivity index (χ0v) is 29.3. The molecule has 11 rings (SSSR count). The summed E-state index contributed by atoms with van der Waals surface area (Å²) >= 11 is 1.86. The molecule has 1 aliphatic carbocycles. The summed E-state index contributed by atoms with van der Waals surface area (Å²) in [5.74, 6) is 0.716.